The second kappa shape index (κ2) is 7.42. The van der Waals surface area contributed by atoms with Gasteiger partial charge in [-0.25, -0.2) is 9.29 Å². The molecule has 4 rings (SSSR count). The fourth-order valence-electron chi connectivity index (χ4n) is 3.94. The van der Waals surface area contributed by atoms with Crippen molar-refractivity contribution in [2.45, 2.75) is 24.1 Å². The summed E-state index contributed by atoms with van der Waals surface area (Å²) in [6.45, 7) is 2.08. The molecule has 0 radical (unpaired) electrons. The fraction of sp³-hybridized carbons (Fsp3) is 0.300. The van der Waals surface area contributed by atoms with Crippen LogP contribution in [0.3, 0.4) is 0 Å². The summed E-state index contributed by atoms with van der Waals surface area (Å²) in [5.41, 5.74) is 0.583. The molecule has 1 amide bonds. The van der Waals surface area contributed by atoms with Gasteiger partial charge >= 0.3 is 0 Å². The Bertz CT molecular complexity index is 1100. The van der Waals surface area contributed by atoms with Gasteiger partial charge in [-0.1, -0.05) is 0 Å². The molecule has 11 heteroatoms. The Hall–Kier alpha value is -3.33. The summed E-state index contributed by atoms with van der Waals surface area (Å²) in [5.74, 6) is -0.0172. The molecule has 1 aromatic heterocycles. The molecule has 0 saturated carbocycles. The number of pyridine rings is 1. The van der Waals surface area contributed by atoms with Crippen molar-refractivity contribution >= 4 is 28.3 Å². The molecule has 0 bridgehead atoms. The lowest BCUT2D eigenvalue weighted by Crippen LogP contribution is -2.63. The van der Waals surface area contributed by atoms with E-state index in [0.717, 1.165) is 4.31 Å². The number of hydrogen-bond acceptors (Lipinski definition) is 7. The lowest BCUT2D eigenvalue weighted by molar-refractivity contribution is 0.102. The summed E-state index contributed by atoms with van der Waals surface area (Å²) in [6, 6.07) is 10.0. The van der Waals surface area contributed by atoms with Crippen LogP contribution in [0.25, 0.3) is 0 Å². The van der Waals surface area contributed by atoms with Crippen LogP contribution < -0.4 is 15.4 Å². The molecule has 2 atom stereocenters. The van der Waals surface area contributed by atoms with Gasteiger partial charge in [0, 0.05) is 30.9 Å². The number of benzene rings is 1. The summed E-state index contributed by atoms with van der Waals surface area (Å²) in [4.78, 5) is 16.6. The Labute approximate surface area is 180 Å². The minimum atomic E-state index is -3.28. The number of carbonyl (C=O) groups is 1. The second-order valence-electron chi connectivity index (χ2n) is 7.57. The van der Waals surface area contributed by atoms with Gasteiger partial charge in [-0.15, -0.1) is 10.8 Å². The van der Waals surface area contributed by atoms with E-state index in [0.29, 0.717) is 29.0 Å². The van der Waals surface area contributed by atoms with Crippen molar-refractivity contribution in [3.05, 3.63) is 53.3 Å². The number of anilines is 1. The molecule has 2 aliphatic heterocycles. The number of amides is 1. The number of hydrogen-bond donors (Lipinski definition) is 5. The van der Waals surface area contributed by atoms with E-state index < -0.39 is 27.5 Å². The zero-order valence-corrected chi connectivity index (χ0v) is 17.7. The number of rotatable bonds is 2. The predicted molar refractivity (Wildman–Crippen MR) is 116 cm³/mol. The molecule has 1 aromatic carbocycles. The maximum Gasteiger partial charge on any atom is 0.274 e. The molecule has 3 heterocycles. The fourth-order valence-corrected chi connectivity index (χ4v) is 5.87. The van der Waals surface area contributed by atoms with Gasteiger partial charge in [-0.2, -0.15) is 5.26 Å². The topological polar surface area (TPSA) is 155 Å². The van der Waals surface area contributed by atoms with Crippen molar-refractivity contribution in [1.29, 1.82) is 10.7 Å². The Morgan fingerprint density at radius 1 is 1.45 bits per heavy atom. The van der Waals surface area contributed by atoms with Crippen LogP contribution in [0, 0.1) is 16.7 Å². The minimum absolute atomic E-state index is 0.108. The molecular weight excluding hydrogens is 420 g/mol. The van der Waals surface area contributed by atoms with Crippen LogP contribution in [0.4, 0.5) is 5.69 Å². The average molecular weight is 443 g/mol. The van der Waals surface area contributed by atoms with Crippen LogP contribution in [-0.2, 0) is 5.54 Å². The van der Waals surface area contributed by atoms with Crippen LogP contribution in [0.2, 0.25) is 0 Å². The molecule has 31 heavy (non-hydrogen) atoms. The van der Waals surface area contributed by atoms with Crippen molar-refractivity contribution in [3.8, 4) is 11.8 Å². The highest BCUT2D eigenvalue weighted by Gasteiger charge is 2.53. The Kier molecular flexibility index (Phi) is 5.01. The predicted octanol–water partition coefficient (Wildman–Crippen LogP) is 2.71. The van der Waals surface area contributed by atoms with Gasteiger partial charge < -0.3 is 15.4 Å². The van der Waals surface area contributed by atoms with E-state index in [1.54, 1.807) is 25.1 Å². The van der Waals surface area contributed by atoms with Crippen LogP contribution in [0.5, 0.6) is 5.75 Å². The first-order valence-electron chi connectivity index (χ1n) is 9.49. The van der Waals surface area contributed by atoms with Crippen molar-refractivity contribution in [3.63, 3.8) is 0 Å². The summed E-state index contributed by atoms with van der Waals surface area (Å²) in [5, 5.41) is 22.3. The Balaban J connectivity index is 1.69. The molecule has 0 aliphatic carbocycles. The molecule has 2 aliphatic rings. The first-order chi connectivity index (χ1) is 14.7. The number of aromatic nitrogens is 1. The number of guanidine groups is 1. The van der Waals surface area contributed by atoms with Crippen LogP contribution in [0.15, 0.2) is 36.5 Å². The van der Waals surface area contributed by atoms with E-state index in [9.17, 15) is 13.9 Å². The number of nitrogens with one attached hydrogen (secondary N) is 3. The Morgan fingerprint density at radius 3 is 2.90 bits per heavy atom. The Morgan fingerprint density at radius 2 is 2.23 bits per heavy atom. The lowest BCUT2D eigenvalue weighted by atomic mass is 9.86. The quantitative estimate of drug-likeness (QED) is 0.475. The second-order valence-corrected chi connectivity index (χ2v) is 9.81. The van der Waals surface area contributed by atoms with Crippen molar-refractivity contribution in [1.82, 2.24) is 14.6 Å². The molecule has 2 aromatic rings. The van der Waals surface area contributed by atoms with Gasteiger partial charge in [0.2, 0.25) is 5.96 Å². The number of nitriles is 1. The third kappa shape index (κ3) is 3.44. The maximum atomic E-state index is 12.6. The summed E-state index contributed by atoms with van der Waals surface area (Å²) < 4.78 is 28.7. The standard InChI is InChI=1S/C20H22N6O4S/c1-20-14-9-13(24-18(27)15-5-3-12(10-21)11-23-15)4-6-16(14)30-8-7-17(20)31(28,29)26(2)19(22)25-20/h3-6,9,11,17,28-29H,7-8H2,1-2H3,(H2,22,25)(H,24,27)/t17-,20+/m0/s1. The van der Waals surface area contributed by atoms with Gasteiger partial charge in [0.05, 0.1) is 23.0 Å². The molecule has 1 fully saturated rings. The zero-order valence-electron chi connectivity index (χ0n) is 16.9. The van der Waals surface area contributed by atoms with Crippen LogP contribution >= 0.6 is 10.8 Å². The first-order valence-corrected chi connectivity index (χ1v) is 11.1. The van der Waals surface area contributed by atoms with Crippen LogP contribution in [-0.4, -0.2) is 49.2 Å². The highest BCUT2D eigenvalue weighted by atomic mass is 32.3. The normalized spacial score (nSPS) is 24.9. The monoisotopic (exact) mass is 442 g/mol. The van der Waals surface area contributed by atoms with E-state index >= 15 is 0 Å². The van der Waals surface area contributed by atoms with E-state index in [2.05, 4.69) is 15.6 Å². The number of carbonyl (C=O) groups excluding carboxylic acids is 1. The smallest absolute Gasteiger partial charge is 0.274 e. The molecule has 1 saturated heterocycles. The van der Waals surface area contributed by atoms with Gasteiger partial charge in [0.15, 0.2) is 0 Å². The van der Waals surface area contributed by atoms with Gasteiger partial charge in [0.1, 0.15) is 17.5 Å². The molecular formula is C20H22N6O4S. The number of ether oxygens (including phenoxy) is 1. The average Bonchev–Trinajstić information content (AvgIpc) is 2.89. The molecule has 5 N–H and O–H groups in total. The SMILES string of the molecule is CN1C(=N)N[C@]2(C)c3cc(NC(=O)c4ccc(C#N)cn4)ccc3OCC[C@@H]2S1(O)O. The minimum Gasteiger partial charge on any atom is -0.493 e. The molecule has 0 spiro atoms. The summed E-state index contributed by atoms with van der Waals surface area (Å²) >= 11 is 0. The highest BCUT2D eigenvalue weighted by Crippen LogP contribution is 2.59. The van der Waals surface area contributed by atoms with E-state index in [1.807, 2.05) is 6.07 Å². The van der Waals surface area contributed by atoms with E-state index in [1.165, 1.54) is 25.4 Å². The number of nitrogens with zero attached hydrogens (tertiary/aromatic N) is 3. The summed E-state index contributed by atoms with van der Waals surface area (Å²) in [7, 11) is -1.81. The molecule has 162 valence electrons. The van der Waals surface area contributed by atoms with Gasteiger partial charge in [-0.05, 0) is 37.3 Å². The third-order valence-corrected chi connectivity index (χ3v) is 8.14. The van der Waals surface area contributed by atoms with Crippen LogP contribution in [0.1, 0.15) is 35.0 Å². The van der Waals surface area contributed by atoms with Gasteiger partial charge in [0.25, 0.3) is 5.91 Å². The van der Waals surface area contributed by atoms with E-state index in [4.69, 9.17) is 15.4 Å². The van der Waals surface area contributed by atoms with Crippen molar-refractivity contribution < 1.29 is 18.6 Å². The molecule has 10 nitrogen and oxygen atoms in total. The van der Waals surface area contributed by atoms with Crippen molar-refractivity contribution in [2.24, 2.45) is 0 Å². The van der Waals surface area contributed by atoms with Crippen molar-refractivity contribution in [2.75, 3.05) is 19.0 Å². The van der Waals surface area contributed by atoms with Gasteiger partial charge in [-0.3, -0.25) is 19.3 Å². The molecule has 0 unspecified atom stereocenters. The third-order valence-electron chi connectivity index (χ3n) is 5.68. The number of fused-ring (bicyclic) bond motifs is 3. The highest BCUT2D eigenvalue weighted by molar-refractivity contribution is 8.23. The largest absolute Gasteiger partial charge is 0.493 e. The maximum absolute atomic E-state index is 12.6. The zero-order chi connectivity index (χ0) is 22.4. The first kappa shape index (κ1) is 20.9. The summed E-state index contributed by atoms with van der Waals surface area (Å²) in [6.07, 6.45) is 1.69. The van der Waals surface area contributed by atoms with E-state index in [-0.39, 0.29) is 18.3 Å². The lowest BCUT2D eigenvalue weighted by Gasteiger charge is -2.57.